The van der Waals surface area contributed by atoms with E-state index in [0.29, 0.717) is 12.0 Å². The van der Waals surface area contributed by atoms with Crippen LogP contribution in [0.5, 0.6) is 0 Å². The summed E-state index contributed by atoms with van der Waals surface area (Å²) in [6.07, 6.45) is 3.40. The standard InChI is InChI=1S/C13H23N3/c1-6-10-9(2)7-14-12-15-11(8-16(10)12)13(3,4)5/h8-10H,6-7H2,1-5H3,(H,14,15). The van der Waals surface area contributed by atoms with Crippen LogP contribution in [0.3, 0.4) is 0 Å². The predicted octanol–water partition coefficient (Wildman–Crippen LogP) is 3.19. The number of nitrogens with zero attached hydrogens (tertiary/aromatic N) is 2. The molecule has 3 heteroatoms. The Bertz CT molecular complexity index is 373. The molecular formula is C13H23N3. The summed E-state index contributed by atoms with van der Waals surface area (Å²) in [5, 5.41) is 3.42. The Labute approximate surface area is 98.3 Å². The fraction of sp³-hybridized carbons (Fsp3) is 0.769. The van der Waals surface area contributed by atoms with Gasteiger partial charge < -0.3 is 9.88 Å². The second-order valence-electron chi connectivity index (χ2n) is 5.94. The van der Waals surface area contributed by atoms with Crippen LogP contribution < -0.4 is 5.32 Å². The third-order valence-corrected chi connectivity index (χ3v) is 3.52. The zero-order valence-electron chi connectivity index (χ0n) is 11.0. The number of fused-ring (bicyclic) bond motifs is 1. The van der Waals surface area contributed by atoms with E-state index in [9.17, 15) is 0 Å². The monoisotopic (exact) mass is 221 g/mol. The summed E-state index contributed by atoms with van der Waals surface area (Å²) >= 11 is 0. The van der Waals surface area contributed by atoms with Crippen molar-refractivity contribution >= 4 is 5.95 Å². The molecule has 0 radical (unpaired) electrons. The van der Waals surface area contributed by atoms with Gasteiger partial charge in [0.15, 0.2) is 0 Å². The second-order valence-corrected chi connectivity index (χ2v) is 5.94. The lowest BCUT2D eigenvalue weighted by Crippen LogP contribution is -2.30. The van der Waals surface area contributed by atoms with Gasteiger partial charge in [0, 0.05) is 24.2 Å². The average Bonchev–Trinajstić information content (AvgIpc) is 2.60. The zero-order chi connectivity index (χ0) is 11.9. The summed E-state index contributed by atoms with van der Waals surface area (Å²) in [7, 11) is 0. The molecule has 2 rings (SSSR count). The van der Waals surface area contributed by atoms with Crippen LogP contribution in [0.4, 0.5) is 5.95 Å². The van der Waals surface area contributed by atoms with Gasteiger partial charge in [0.1, 0.15) is 0 Å². The van der Waals surface area contributed by atoms with E-state index in [1.54, 1.807) is 0 Å². The van der Waals surface area contributed by atoms with E-state index in [4.69, 9.17) is 4.98 Å². The Balaban J connectivity index is 2.40. The number of anilines is 1. The molecule has 2 atom stereocenters. The molecular weight excluding hydrogens is 198 g/mol. The van der Waals surface area contributed by atoms with Gasteiger partial charge in [0.2, 0.25) is 5.95 Å². The highest BCUT2D eigenvalue weighted by atomic mass is 15.2. The molecule has 0 saturated carbocycles. The molecule has 1 aromatic heterocycles. The summed E-state index contributed by atoms with van der Waals surface area (Å²) < 4.78 is 2.33. The number of hydrogen-bond acceptors (Lipinski definition) is 2. The highest BCUT2D eigenvalue weighted by molar-refractivity contribution is 5.34. The van der Waals surface area contributed by atoms with Gasteiger partial charge in [-0.25, -0.2) is 4.98 Å². The molecule has 0 aliphatic carbocycles. The quantitative estimate of drug-likeness (QED) is 0.789. The van der Waals surface area contributed by atoms with Crippen molar-refractivity contribution in [2.24, 2.45) is 5.92 Å². The average molecular weight is 221 g/mol. The van der Waals surface area contributed by atoms with Crippen LogP contribution in [0.25, 0.3) is 0 Å². The molecule has 0 amide bonds. The molecule has 0 bridgehead atoms. The lowest BCUT2D eigenvalue weighted by atomic mass is 9.93. The molecule has 0 aromatic carbocycles. The summed E-state index contributed by atoms with van der Waals surface area (Å²) in [6.45, 7) is 12.2. The fourth-order valence-electron chi connectivity index (χ4n) is 2.40. The van der Waals surface area contributed by atoms with Crippen molar-refractivity contribution in [1.82, 2.24) is 9.55 Å². The van der Waals surface area contributed by atoms with Gasteiger partial charge in [-0.05, 0) is 12.3 Å². The molecule has 3 nitrogen and oxygen atoms in total. The molecule has 1 aromatic rings. The summed E-state index contributed by atoms with van der Waals surface area (Å²) in [6, 6.07) is 0.597. The number of rotatable bonds is 1. The van der Waals surface area contributed by atoms with Crippen molar-refractivity contribution in [3.8, 4) is 0 Å². The minimum Gasteiger partial charge on any atom is -0.355 e. The van der Waals surface area contributed by atoms with Crippen LogP contribution >= 0.6 is 0 Å². The van der Waals surface area contributed by atoms with Crippen molar-refractivity contribution in [3.05, 3.63) is 11.9 Å². The number of hydrogen-bond donors (Lipinski definition) is 1. The Kier molecular flexibility index (Phi) is 2.72. The first-order valence-corrected chi connectivity index (χ1v) is 6.26. The van der Waals surface area contributed by atoms with E-state index in [1.807, 2.05) is 0 Å². The molecule has 90 valence electrons. The van der Waals surface area contributed by atoms with Crippen LogP contribution in [0.15, 0.2) is 6.20 Å². The SMILES string of the molecule is CCC1C(C)CNc2nc(C(C)(C)C)cn21. The van der Waals surface area contributed by atoms with Gasteiger partial charge in [0.25, 0.3) is 0 Å². The van der Waals surface area contributed by atoms with Crippen molar-refractivity contribution in [3.63, 3.8) is 0 Å². The van der Waals surface area contributed by atoms with Gasteiger partial charge in [-0.3, -0.25) is 0 Å². The fourth-order valence-corrected chi connectivity index (χ4v) is 2.40. The normalized spacial score (nSPS) is 25.1. The van der Waals surface area contributed by atoms with Crippen LogP contribution in [-0.2, 0) is 5.41 Å². The van der Waals surface area contributed by atoms with E-state index >= 15 is 0 Å². The van der Waals surface area contributed by atoms with Crippen molar-refractivity contribution < 1.29 is 0 Å². The van der Waals surface area contributed by atoms with Crippen molar-refractivity contribution in [2.45, 2.75) is 52.5 Å². The molecule has 0 spiro atoms. The second kappa shape index (κ2) is 3.79. The minimum atomic E-state index is 0.132. The van der Waals surface area contributed by atoms with Crippen molar-refractivity contribution in [1.29, 1.82) is 0 Å². The predicted molar refractivity (Wildman–Crippen MR) is 67.9 cm³/mol. The lowest BCUT2D eigenvalue weighted by molar-refractivity contribution is 0.338. The van der Waals surface area contributed by atoms with Gasteiger partial charge in [-0.15, -0.1) is 0 Å². The van der Waals surface area contributed by atoms with E-state index < -0.39 is 0 Å². The molecule has 1 N–H and O–H groups in total. The summed E-state index contributed by atoms with van der Waals surface area (Å²) in [4.78, 5) is 4.71. The number of imidazole rings is 1. The smallest absolute Gasteiger partial charge is 0.203 e. The van der Waals surface area contributed by atoms with Gasteiger partial charge in [-0.2, -0.15) is 0 Å². The topological polar surface area (TPSA) is 29.9 Å². The number of aromatic nitrogens is 2. The van der Waals surface area contributed by atoms with Gasteiger partial charge >= 0.3 is 0 Å². The highest BCUT2D eigenvalue weighted by Gasteiger charge is 2.28. The first kappa shape index (κ1) is 11.5. The summed E-state index contributed by atoms with van der Waals surface area (Å²) in [5.41, 5.74) is 1.32. The Hall–Kier alpha value is -0.990. The Morgan fingerprint density at radius 3 is 2.75 bits per heavy atom. The molecule has 2 unspecified atom stereocenters. The maximum Gasteiger partial charge on any atom is 0.203 e. The van der Waals surface area contributed by atoms with E-state index in [-0.39, 0.29) is 5.41 Å². The lowest BCUT2D eigenvalue weighted by Gasteiger charge is -2.31. The van der Waals surface area contributed by atoms with Crippen LogP contribution in [0, 0.1) is 5.92 Å². The molecule has 2 heterocycles. The zero-order valence-corrected chi connectivity index (χ0v) is 11.0. The maximum absolute atomic E-state index is 4.71. The minimum absolute atomic E-state index is 0.132. The van der Waals surface area contributed by atoms with Crippen LogP contribution in [0.1, 0.15) is 52.8 Å². The molecule has 1 aliphatic rings. The largest absolute Gasteiger partial charge is 0.355 e. The third-order valence-electron chi connectivity index (χ3n) is 3.52. The maximum atomic E-state index is 4.71. The van der Waals surface area contributed by atoms with E-state index in [0.717, 1.165) is 12.5 Å². The first-order chi connectivity index (χ1) is 7.43. The first-order valence-electron chi connectivity index (χ1n) is 6.26. The third kappa shape index (κ3) is 1.83. The van der Waals surface area contributed by atoms with Gasteiger partial charge in [0.05, 0.1) is 5.69 Å². The Morgan fingerprint density at radius 1 is 1.50 bits per heavy atom. The van der Waals surface area contributed by atoms with Gasteiger partial charge in [-0.1, -0.05) is 34.6 Å². The van der Waals surface area contributed by atoms with E-state index in [1.165, 1.54) is 12.1 Å². The number of nitrogens with one attached hydrogen (secondary N) is 1. The molecule has 16 heavy (non-hydrogen) atoms. The molecule has 0 saturated heterocycles. The van der Waals surface area contributed by atoms with Crippen LogP contribution in [0.2, 0.25) is 0 Å². The van der Waals surface area contributed by atoms with Crippen LogP contribution in [-0.4, -0.2) is 16.1 Å². The highest BCUT2D eigenvalue weighted by Crippen LogP contribution is 2.33. The summed E-state index contributed by atoms with van der Waals surface area (Å²) in [5.74, 6) is 1.73. The molecule has 0 fully saturated rings. The van der Waals surface area contributed by atoms with Crippen molar-refractivity contribution in [2.75, 3.05) is 11.9 Å². The Morgan fingerprint density at radius 2 is 2.19 bits per heavy atom. The van der Waals surface area contributed by atoms with E-state index in [2.05, 4.69) is 50.7 Å². The molecule has 1 aliphatic heterocycles.